The van der Waals surface area contributed by atoms with Gasteiger partial charge in [-0.3, -0.25) is 4.79 Å². The molecule has 1 atom stereocenters. The number of ketones is 1. The molecular weight excluding hydrogens is 593 g/mol. The van der Waals surface area contributed by atoms with E-state index in [4.69, 9.17) is 10.5 Å². The van der Waals surface area contributed by atoms with Gasteiger partial charge in [0.05, 0.1) is 12.0 Å². The van der Waals surface area contributed by atoms with Crippen molar-refractivity contribution in [2.24, 2.45) is 0 Å². The monoisotopic (exact) mass is 645 g/mol. The van der Waals surface area contributed by atoms with E-state index in [0.29, 0.717) is 5.69 Å². The molecule has 0 aliphatic carbocycles. The number of carbonyl (C=O) groups is 1. The average molecular weight is 646 g/mol. The first kappa shape index (κ1) is 37.2. The number of hydrogen-bond acceptors (Lipinski definition) is 5. The highest BCUT2D eigenvalue weighted by atomic mass is 32.2. The van der Waals surface area contributed by atoms with E-state index in [1.807, 2.05) is 74.5 Å². The van der Waals surface area contributed by atoms with Crippen molar-refractivity contribution in [2.45, 2.75) is 95.6 Å². The Morgan fingerprint density at radius 2 is 1.56 bits per heavy atom. The van der Waals surface area contributed by atoms with Crippen LogP contribution in [0.4, 0.5) is 5.69 Å². The Hall–Kier alpha value is -2.00. The van der Waals surface area contributed by atoms with Gasteiger partial charge < -0.3 is 10.5 Å². The topological polar surface area (TPSA) is 81.4 Å². The fraction of sp³-hybridized carbons (Fsp3) is 0.514. The number of fused-ring (bicyclic) bond motifs is 1. The summed E-state index contributed by atoms with van der Waals surface area (Å²) in [6.07, 6.45) is 10.2. The Bertz CT molecular complexity index is 1250. The van der Waals surface area contributed by atoms with E-state index < -0.39 is 11.0 Å². The standard InChI is InChI=1S/C18H26N2OS2.C15H21O2S.C2H6/c1-2-3-4-5-6-7-14-22-20-23(21)17-13-9-11-15-10-8-12-16(19)18(15)17;1-15(2,18-10-4-5-11-18)14(16)12-6-8-13(17-3)9-7-12;1-2/h8-13,20H,2-7,14,19H2,1H3;6-9H,4-5,10-11H2,1-3H3;1-2H3/q;+1;. The van der Waals surface area contributed by atoms with Gasteiger partial charge >= 0.3 is 0 Å². The van der Waals surface area contributed by atoms with E-state index >= 15 is 0 Å². The average Bonchev–Trinajstić information content (AvgIpc) is 3.59. The van der Waals surface area contributed by atoms with E-state index in [1.165, 1.54) is 56.5 Å². The maximum Gasteiger partial charge on any atom is 0.217 e. The lowest BCUT2D eigenvalue weighted by molar-refractivity contribution is 0.0956. The highest BCUT2D eigenvalue weighted by Crippen LogP contribution is 2.31. The smallest absolute Gasteiger partial charge is 0.217 e. The molecule has 0 radical (unpaired) electrons. The largest absolute Gasteiger partial charge is 0.497 e. The SMILES string of the molecule is CC.CCCCCCCCSNS(=O)c1cccc2cccc(N)c12.COc1ccc(C(=O)C(C)(C)[S+]2CCCC2)cc1. The van der Waals surface area contributed by atoms with Crippen molar-refractivity contribution in [2.75, 3.05) is 30.1 Å². The minimum atomic E-state index is -1.25. The van der Waals surface area contributed by atoms with Gasteiger partial charge in [-0.2, -0.15) is 4.13 Å². The van der Waals surface area contributed by atoms with Gasteiger partial charge in [-0.25, -0.2) is 4.21 Å². The maximum atomic E-state index is 12.6. The molecule has 43 heavy (non-hydrogen) atoms. The Morgan fingerprint density at radius 3 is 2.19 bits per heavy atom. The molecule has 3 N–H and O–H groups in total. The van der Waals surface area contributed by atoms with Gasteiger partial charge in [-0.15, -0.1) is 0 Å². The number of Topliss-reactive ketones (excluding diaryl/α,β-unsaturated/α-hetero) is 1. The molecule has 1 unspecified atom stereocenters. The number of nitrogens with two attached hydrogens (primary N) is 1. The van der Waals surface area contributed by atoms with Crippen molar-refractivity contribution in [1.29, 1.82) is 0 Å². The third-order valence-corrected chi connectivity index (χ3v) is 13.0. The van der Waals surface area contributed by atoms with Gasteiger partial charge in [0.1, 0.15) is 28.2 Å². The minimum absolute atomic E-state index is 0.217. The van der Waals surface area contributed by atoms with Crippen LogP contribution in [-0.4, -0.2) is 39.1 Å². The molecule has 1 fully saturated rings. The second kappa shape index (κ2) is 20.1. The van der Waals surface area contributed by atoms with Gasteiger partial charge in [0.15, 0.2) is 4.75 Å². The second-order valence-corrected chi connectivity index (χ2v) is 16.0. The van der Waals surface area contributed by atoms with Crippen LogP contribution in [0.15, 0.2) is 65.6 Å². The summed E-state index contributed by atoms with van der Waals surface area (Å²) in [6.45, 7) is 10.4. The van der Waals surface area contributed by atoms with Crippen LogP contribution < -0.4 is 14.6 Å². The van der Waals surface area contributed by atoms with Crippen molar-refractivity contribution in [3.05, 3.63) is 66.2 Å². The fourth-order valence-corrected chi connectivity index (χ4v) is 9.77. The number of nitrogen functional groups attached to an aromatic ring is 1. The van der Waals surface area contributed by atoms with Crippen LogP contribution in [0.5, 0.6) is 5.75 Å². The van der Waals surface area contributed by atoms with Gasteiger partial charge in [0, 0.05) is 33.3 Å². The number of ether oxygens (including phenoxy) is 1. The van der Waals surface area contributed by atoms with E-state index in [2.05, 4.69) is 24.9 Å². The van der Waals surface area contributed by atoms with Crippen LogP contribution in [0.1, 0.15) is 96.3 Å². The predicted molar refractivity (Wildman–Crippen MR) is 193 cm³/mol. The zero-order valence-electron chi connectivity index (χ0n) is 27.1. The number of hydrogen-bond donors (Lipinski definition) is 2. The first-order valence-corrected chi connectivity index (χ1v) is 19.4. The number of rotatable bonds is 14. The third kappa shape index (κ3) is 11.5. The second-order valence-electron chi connectivity index (χ2n) is 10.8. The number of carbonyl (C=O) groups excluding carboxylic acids is 1. The fourth-order valence-electron chi connectivity index (χ4n) is 4.97. The Labute approximate surface area is 270 Å². The molecule has 8 heteroatoms. The molecule has 0 spiro atoms. The quantitative estimate of drug-likeness (QED) is 0.0601. The van der Waals surface area contributed by atoms with E-state index in [-0.39, 0.29) is 21.4 Å². The molecule has 4 rings (SSSR count). The molecule has 1 saturated heterocycles. The highest BCUT2D eigenvalue weighted by Gasteiger charge is 2.47. The van der Waals surface area contributed by atoms with Crippen molar-refractivity contribution in [1.82, 2.24) is 4.13 Å². The van der Waals surface area contributed by atoms with Crippen molar-refractivity contribution in [3.8, 4) is 5.75 Å². The zero-order chi connectivity index (χ0) is 31.7. The van der Waals surface area contributed by atoms with E-state index in [0.717, 1.165) is 39.2 Å². The first-order chi connectivity index (χ1) is 20.8. The van der Waals surface area contributed by atoms with E-state index in [9.17, 15) is 9.00 Å². The molecule has 3 aromatic carbocycles. The maximum absolute atomic E-state index is 12.6. The van der Waals surface area contributed by atoms with Crippen LogP contribution >= 0.6 is 11.9 Å². The van der Waals surface area contributed by atoms with Gasteiger partial charge in [0.2, 0.25) is 5.78 Å². The summed E-state index contributed by atoms with van der Waals surface area (Å²) in [6, 6.07) is 19.1. The first-order valence-electron chi connectivity index (χ1n) is 15.7. The molecule has 238 valence electrons. The van der Waals surface area contributed by atoms with Crippen LogP contribution in [0.2, 0.25) is 0 Å². The lowest BCUT2D eigenvalue weighted by atomic mass is 10.0. The molecule has 3 aromatic rings. The van der Waals surface area contributed by atoms with Crippen molar-refractivity contribution < 1.29 is 13.7 Å². The Kier molecular flexibility index (Phi) is 17.4. The number of nitrogens with one attached hydrogen (secondary N) is 1. The number of unbranched alkanes of at least 4 members (excludes halogenated alkanes) is 5. The van der Waals surface area contributed by atoms with Gasteiger partial charge in [-0.1, -0.05) is 89.1 Å². The van der Waals surface area contributed by atoms with Crippen LogP contribution in [0, 0.1) is 0 Å². The van der Waals surface area contributed by atoms with Crippen LogP contribution in [0.3, 0.4) is 0 Å². The van der Waals surface area contributed by atoms with Crippen LogP contribution in [0.25, 0.3) is 10.8 Å². The number of benzene rings is 3. The molecule has 5 nitrogen and oxygen atoms in total. The number of methoxy groups -OCH3 is 1. The highest BCUT2D eigenvalue weighted by molar-refractivity contribution is 8.07. The van der Waals surface area contributed by atoms with Crippen LogP contribution in [-0.2, 0) is 21.9 Å². The molecule has 0 amide bonds. The molecule has 0 saturated carbocycles. The molecule has 1 heterocycles. The lowest BCUT2D eigenvalue weighted by Crippen LogP contribution is -2.41. The summed E-state index contributed by atoms with van der Waals surface area (Å²) >= 11 is 1.54. The molecular formula is C35H53N2O3S3+. The van der Waals surface area contributed by atoms with Gasteiger partial charge in [-0.05, 0) is 74.9 Å². The summed E-state index contributed by atoms with van der Waals surface area (Å²) < 4.78 is 20.5. The molecule has 0 bridgehead atoms. The lowest BCUT2D eigenvalue weighted by Gasteiger charge is -2.21. The Balaban J connectivity index is 0.000000291. The third-order valence-electron chi connectivity index (χ3n) is 7.49. The summed E-state index contributed by atoms with van der Waals surface area (Å²) in [4.78, 5) is 13.4. The summed E-state index contributed by atoms with van der Waals surface area (Å²) in [5.41, 5.74) is 7.54. The molecule has 1 aliphatic rings. The molecule has 0 aromatic heterocycles. The minimum Gasteiger partial charge on any atom is -0.497 e. The predicted octanol–water partition coefficient (Wildman–Crippen LogP) is 9.14. The molecule has 1 aliphatic heterocycles. The summed E-state index contributed by atoms with van der Waals surface area (Å²) in [7, 11) is 0.638. The number of anilines is 1. The summed E-state index contributed by atoms with van der Waals surface area (Å²) in [5, 5.41) is 1.92. The normalized spacial score (nSPS) is 13.9. The zero-order valence-corrected chi connectivity index (χ0v) is 29.5. The van der Waals surface area contributed by atoms with E-state index in [1.54, 1.807) is 19.1 Å². The van der Waals surface area contributed by atoms with Gasteiger partial charge in [0.25, 0.3) is 0 Å². The Morgan fingerprint density at radius 1 is 0.953 bits per heavy atom. The summed E-state index contributed by atoms with van der Waals surface area (Å²) in [5.74, 6) is 4.49. The van der Waals surface area contributed by atoms with Crippen molar-refractivity contribution in [3.63, 3.8) is 0 Å². The van der Waals surface area contributed by atoms with Crippen molar-refractivity contribution >= 4 is 56.1 Å².